The third-order valence-electron chi connectivity index (χ3n) is 12.3. The van der Waals surface area contributed by atoms with Gasteiger partial charge >= 0.3 is 0 Å². The van der Waals surface area contributed by atoms with Crippen LogP contribution in [-0.4, -0.2) is 151 Å². The van der Waals surface area contributed by atoms with Gasteiger partial charge < -0.3 is 29.7 Å². The number of fused-ring (bicyclic) bond motifs is 1. The summed E-state index contributed by atoms with van der Waals surface area (Å²) in [6, 6.07) is 23.3. The normalized spacial score (nSPS) is 17.0. The number of nitrogen functional groups attached to an aromatic ring is 1. The molecule has 1 atom stereocenters. The SMILES string of the molecule is CC.CCN=O.CN(Cc1cc(N2CCN(CCOCCOCCN3CCC(n4nc(-c5ccc(Oc6ccccc6)cc5)c5c(N)ncnc54)CC3)CC2)ccc1C=O)C1CCC(=O)NC1=O. The number of aldehydes is 1. The van der Waals surface area contributed by atoms with E-state index in [-0.39, 0.29) is 17.9 Å². The Labute approximate surface area is 399 Å². The number of carbonyl (C=O) groups excluding carboxylic acids is 3. The Kier molecular flexibility index (Phi) is 19.9. The number of likely N-dealkylation sites (N-methyl/N-ethyl adjacent to an activating group) is 1. The van der Waals surface area contributed by atoms with Gasteiger partial charge in [-0.1, -0.05) is 37.2 Å². The van der Waals surface area contributed by atoms with Crippen LogP contribution in [0.15, 0.2) is 84.3 Å². The van der Waals surface area contributed by atoms with E-state index in [1.54, 1.807) is 6.92 Å². The van der Waals surface area contributed by atoms with E-state index in [1.165, 1.54) is 6.33 Å². The maximum absolute atomic E-state index is 12.4. The van der Waals surface area contributed by atoms with Crippen molar-refractivity contribution in [1.82, 2.24) is 39.8 Å². The van der Waals surface area contributed by atoms with Crippen molar-refractivity contribution in [1.29, 1.82) is 0 Å². The Hall–Kier alpha value is -6.18. The van der Waals surface area contributed by atoms with Gasteiger partial charge in [-0.15, -0.1) is 0 Å². The molecule has 0 radical (unpaired) electrons. The number of nitroso groups, excluding NO2 is 1. The third kappa shape index (κ3) is 13.9. The molecule has 3 aromatic carbocycles. The number of nitrogens with two attached hydrogens (primary N) is 1. The Morgan fingerprint density at radius 2 is 1.49 bits per heavy atom. The van der Waals surface area contributed by atoms with Crippen molar-refractivity contribution in [2.45, 2.75) is 65.1 Å². The molecule has 1 unspecified atom stereocenters. The van der Waals surface area contributed by atoms with Gasteiger partial charge in [0, 0.05) is 82.1 Å². The molecule has 0 spiro atoms. The summed E-state index contributed by atoms with van der Waals surface area (Å²) in [6.45, 7) is 16.1. The van der Waals surface area contributed by atoms with Crippen LogP contribution in [0.2, 0.25) is 0 Å². The molecule has 3 saturated heterocycles. The highest BCUT2D eigenvalue weighted by atomic mass is 16.5. The van der Waals surface area contributed by atoms with E-state index in [1.807, 2.05) is 97.2 Å². The minimum atomic E-state index is -0.398. The number of likely N-dealkylation sites (tertiary alicyclic amines) is 1. The second-order valence-corrected chi connectivity index (χ2v) is 16.6. The molecule has 3 N–H and O–H groups in total. The first-order valence-electron chi connectivity index (χ1n) is 23.8. The molecule has 2 amide bonds. The number of benzene rings is 3. The molecule has 68 heavy (non-hydrogen) atoms. The zero-order chi connectivity index (χ0) is 48.3. The lowest BCUT2D eigenvalue weighted by molar-refractivity contribution is -0.137. The first-order valence-corrected chi connectivity index (χ1v) is 23.8. The van der Waals surface area contributed by atoms with Crippen molar-refractivity contribution < 1.29 is 28.6 Å². The van der Waals surface area contributed by atoms with Crippen molar-refractivity contribution >= 4 is 40.6 Å². The zero-order valence-corrected chi connectivity index (χ0v) is 39.9. The number of piperazine rings is 1. The number of ether oxygens (including phenoxy) is 3. The first-order chi connectivity index (χ1) is 33.2. The lowest BCUT2D eigenvalue weighted by Crippen LogP contribution is -2.51. The van der Waals surface area contributed by atoms with Crippen molar-refractivity contribution in [3.8, 4) is 22.8 Å². The van der Waals surface area contributed by atoms with E-state index in [2.05, 4.69) is 41.2 Å². The van der Waals surface area contributed by atoms with Crippen molar-refractivity contribution in [3.05, 3.63) is 95.2 Å². The predicted molar refractivity (Wildman–Crippen MR) is 264 cm³/mol. The topological polar surface area (TPSA) is 203 Å². The van der Waals surface area contributed by atoms with Crippen LogP contribution in [0.5, 0.6) is 11.5 Å². The lowest BCUT2D eigenvalue weighted by Gasteiger charge is -2.36. The summed E-state index contributed by atoms with van der Waals surface area (Å²) in [5, 5.41) is 10.8. The van der Waals surface area contributed by atoms with E-state index >= 15 is 0 Å². The number of aromatic nitrogens is 4. The van der Waals surface area contributed by atoms with Crippen LogP contribution in [0.3, 0.4) is 0 Å². The van der Waals surface area contributed by atoms with Crippen molar-refractivity contribution in [2.75, 3.05) is 103 Å². The Bertz CT molecular complexity index is 2370. The Balaban J connectivity index is 0.00000121. The van der Waals surface area contributed by atoms with Gasteiger partial charge in [0.05, 0.1) is 50.4 Å². The van der Waals surface area contributed by atoms with Gasteiger partial charge in [-0.05, 0) is 93.4 Å². The smallest absolute Gasteiger partial charge is 0.243 e. The Morgan fingerprint density at radius 1 is 0.838 bits per heavy atom. The molecule has 364 valence electrons. The quantitative estimate of drug-likeness (QED) is 0.0409. The highest BCUT2D eigenvalue weighted by Gasteiger charge is 2.31. The molecule has 3 fully saturated rings. The van der Waals surface area contributed by atoms with Crippen LogP contribution < -0.4 is 20.7 Å². The Morgan fingerprint density at radius 3 is 2.12 bits per heavy atom. The third-order valence-corrected chi connectivity index (χ3v) is 12.3. The van der Waals surface area contributed by atoms with Crippen LogP contribution in [0, 0.1) is 4.91 Å². The standard InChI is InChI=1S/C46H56N10O6.C2H5NO.C2H6/c1-52(40-13-14-41(58)50-46(40)59)30-35-29-37(10-7-34(35)31-57)55-21-19-54(20-22-55)24-26-61-28-27-60-25-23-53-17-15-36(16-18-53)56-45-42(44(47)48-32-49-45)43(51-56)33-8-11-39(12-9-33)62-38-5-3-2-4-6-38;1-2-3-4;1-2/h2-12,29,31-32,36,40H,13-28,30H2,1H3,(H2,47,48,49)(H,50,58,59);2H2,1H3;1-2H3. The molecule has 18 nitrogen and oxygen atoms in total. The van der Waals surface area contributed by atoms with Crippen LogP contribution in [0.1, 0.15) is 68.4 Å². The number of anilines is 2. The molecule has 0 bridgehead atoms. The average Bonchev–Trinajstić information content (AvgIpc) is 3.77. The number of piperidine rings is 2. The fourth-order valence-electron chi connectivity index (χ4n) is 8.61. The minimum absolute atomic E-state index is 0.198. The van der Waals surface area contributed by atoms with Crippen LogP contribution in [-0.2, 0) is 25.6 Å². The minimum Gasteiger partial charge on any atom is -0.457 e. The maximum Gasteiger partial charge on any atom is 0.243 e. The van der Waals surface area contributed by atoms with Gasteiger partial charge in [-0.2, -0.15) is 10.0 Å². The van der Waals surface area contributed by atoms with E-state index in [4.69, 9.17) is 30.0 Å². The molecule has 3 aliphatic rings. The summed E-state index contributed by atoms with van der Waals surface area (Å²) in [4.78, 5) is 62.8. The largest absolute Gasteiger partial charge is 0.457 e. The average molecular weight is 934 g/mol. The molecule has 3 aliphatic heterocycles. The van der Waals surface area contributed by atoms with E-state index in [9.17, 15) is 14.4 Å². The second-order valence-electron chi connectivity index (χ2n) is 16.6. The molecular weight excluding hydrogens is 867 g/mol. The summed E-state index contributed by atoms with van der Waals surface area (Å²) >= 11 is 0. The predicted octanol–water partition coefficient (Wildman–Crippen LogP) is 6.21. The number of nitrogens with one attached hydrogen (secondary N) is 1. The fraction of sp³-hybridized carbons (Fsp3) is 0.480. The van der Waals surface area contributed by atoms with Gasteiger partial charge in [-0.25, -0.2) is 14.6 Å². The summed E-state index contributed by atoms with van der Waals surface area (Å²) in [5.41, 5.74) is 11.4. The van der Waals surface area contributed by atoms with Crippen LogP contribution in [0.4, 0.5) is 11.5 Å². The molecule has 2 aromatic heterocycles. The van der Waals surface area contributed by atoms with E-state index in [0.717, 1.165) is 117 Å². The van der Waals surface area contributed by atoms with E-state index < -0.39 is 6.04 Å². The fourth-order valence-corrected chi connectivity index (χ4v) is 8.61. The van der Waals surface area contributed by atoms with Gasteiger partial charge in [0.15, 0.2) is 5.65 Å². The van der Waals surface area contributed by atoms with Crippen LogP contribution >= 0.6 is 0 Å². The molecule has 18 heteroatoms. The van der Waals surface area contributed by atoms with Gasteiger partial charge in [-0.3, -0.25) is 29.5 Å². The zero-order valence-electron chi connectivity index (χ0n) is 39.9. The van der Waals surface area contributed by atoms with Crippen LogP contribution in [0.25, 0.3) is 22.3 Å². The molecule has 5 aromatic rings. The lowest BCUT2D eigenvalue weighted by atomic mass is 10.0. The monoisotopic (exact) mass is 934 g/mol. The molecular formula is C50H67N11O7. The number of amides is 2. The van der Waals surface area contributed by atoms with Crippen molar-refractivity contribution in [3.63, 3.8) is 0 Å². The number of hydrogen-bond donors (Lipinski definition) is 2. The second kappa shape index (κ2) is 26.4. The highest BCUT2D eigenvalue weighted by molar-refractivity contribution is 6.00. The molecule has 8 rings (SSSR count). The number of rotatable bonds is 19. The van der Waals surface area contributed by atoms with E-state index in [0.29, 0.717) is 63.7 Å². The summed E-state index contributed by atoms with van der Waals surface area (Å²) in [7, 11) is 1.86. The molecule has 0 aliphatic carbocycles. The van der Waals surface area contributed by atoms with Gasteiger partial charge in [0.2, 0.25) is 11.8 Å². The number of imide groups is 1. The number of nitrogens with zero attached hydrogens (tertiary/aromatic N) is 9. The van der Waals surface area contributed by atoms with Gasteiger partial charge in [0.1, 0.15) is 35.6 Å². The summed E-state index contributed by atoms with van der Waals surface area (Å²) in [5.74, 6) is 1.43. The number of hydrogen-bond acceptors (Lipinski definition) is 16. The molecule has 5 heterocycles. The molecule has 0 saturated carbocycles. The highest BCUT2D eigenvalue weighted by Crippen LogP contribution is 2.35. The number of para-hydroxylation sites is 1. The first kappa shape index (κ1) is 51.2. The summed E-state index contributed by atoms with van der Waals surface area (Å²) in [6.07, 6.45) is 5.06. The summed E-state index contributed by atoms with van der Waals surface area (Å²) < 4.78 is 19.9. The maximum atomic E-state index is 12.4. The van der Waals surface area contributed by atoms with Gasteiger partial charge in [0.25, 0.3) is 0 Å². The van der Waals surface area contributed by atoms with Crippen molar-refractivity contribution in [2.24, 2.45) is 5.18 Å². The number of carbonyl (C=O) groups is 3.